The van der Waals surface area contributed by atoms with Crippen molar-refractivity contribution in [2.75, 3.05) is 5.32 Å². The minimum atomic E-state index is -0.510. The van der Waals surface area contributed by atoms with Crippen molar-refractivity contribution in [2.45, 2.75) is 77.7 Å². The molecule has 4 nitrogen and oxygen atoms in total. The van der Waals surface area contributed by atoms with Gasteiger partial charge < -0.3 is 10.1 Å². The molecule has 0 saturated heterocycles. The van der Waals surface area contributed by atoms with Crippen molar-refractivity contribution in [3.63, 3.8) is 0 Å². The van der Waals surface area contributed by atoms with Gasteiger partial charge in [0.2, 0.25) is 5.91 Å². The quantitative estimate of drug-likeness (QED) is 0.399. The summed E-state index contributed by atoms with van der Waals surface area (Å²) in [6.07, 6.45) is 4.92. The molecule has 178 valence electrons. The molecule has 0 spiro atoms. The van der Waals surface area contributed by atoms with Gasteiger partial charge in [-0.25, -0.2) is 4.39 Å². The fraction of sp³-hybridized carbons (Fsp3) is 0.481. The van der Waals surface area contributed by atoms with Crippen LogP contribution in [0, 0.1) is 18.7 Å². The number of hydrogen-bond donors (Lipinski definition) is 1. The summed E-state index contributed by atoms with van der Waals surface area (Å²) < 4.78 is 20.1. The first-order valence-electron chi connectivity index (χ1n) is 11.6. The van der Waals surface area contributed by atoms with E-state index in [0.717, 1.165) is 42.5 Å². The molecule has 2 aromatic carbocycles. The molecule has 1 fully saturated rings. The summed E-state index contributed by atoms with van der Waals surface area (Å²) in [5.41, 5.74) is 2.84. The zero-order valence-corrected chi connectivity index (χ0v) is 21.4. The van der Waals surface area contributed by atoms with E-state index < -0.39 is 11.5 Å². The van der Waals surface area contributed by atoms with Crippen LogP contribution >= 0.6 is 15.9 Å². The molecule has 2 aromatic rings. The molecule has 33 heavy (non-hydrogen) atoms. The van der Waals surface area contributed by atoms with Crippen LogP contribution in [0.25, 0.3) is 0 Å². The summed E-state index contributed by atoms with van der Waals surface area (Å²) in [6.45, 7) is 7.50. The van der Waals surface area contributed by atoms with Crippen LogP contribution in [-0.4, -0.2) is 17.5 Å². The van der Waals surface area contributed by atoms with Crippen molar-refractivity contribution in [3.8, 4) is 0 Å². The SMILES string of the molecule is Cc1c(CCC(=O)OC(C)(C)C)cccc1NC(=O)C(c1ccc(Br)c(F)c1)C1CCCC1. The molecule has 3 rings (SSSR count). The number of hydrogen-bond acceptors (Lipinski definition) is 3. The first-order chi connectivity index (χ1) is 15.5. The van der Waals surface area contributed by atoms with E-state index in [1.807, 2.05) is 52.0 Å². The van der Waals surface area contributed by atoms with Gasteiger partial charge in [0.25, 0.3) is 0 Å². The van der Waals surface area contributed by atoms with Gasteiger partial charge in [-0.15, -0.1) is 0 Å². The smallest absolute Gasteiger partial charge is 0.306 e. The number of ether oxygens (including phenoxy) is 1. The highest BCUT2D eigenvalue weighted by Gasteiger charge is 2.33. The van der Waals surface area contributed by atoms with E-state index in [-0.39, 0.29) is 30.0 Å². The van der Waals surface area contributed by atoms with E-state index in [1.54, 1.807) is 6.07 Å². The summed E-state index contributed by atoms with van der Waals surface area (Å²) in [6, 6.07) is 10.7. The molecule has 6 heteroatoms. The third kappa shape index (κ3) is 6.89. The van der Waals surface area contributed by atoms with Gasteiger partial charge in [-0.3, -0.25) is 9.59 Å². The normalized spacial score (nSPS) is 15.3. The summed E-state index contributed by atoms with van der Waals surface area (Å²) in [5, 5.41) is 3.10. The molecule has 1 N–H and O–H groups in total. The van der Waals surface area contributed by atoms with E-state index in [4.69, 9.17) is 4.74 Å². The molecule has 1 saturated carbocycles. The molecule has 0 heterocycles. The maximum absolute atomic E-state index is 14.3. The molecule has 0 radical (unpaired) electrons. The first-order valence-corrected chi connectivity index (χ1v) is 12.4. The highest BCUT2D eigenvalue weighted by molar-refractivity contribution is 9.10. The van der Waals surface area contributed by atoms with Gasteiger partial charge in [0, 0.05) is 12.1 Å². The monoisotopic (exact) mass is 517 g/mol. The average molecular weight is 518 g/mol. The molecular weight excluding hydrogens is 485 g/mol. The molecule has 1 amide bonds. The van der Waals surface area contributed by atoms with Crippen molar-refractivity contribution in [3.05, 3.63) is 63.4 Å². The molecule has 1 aliphatic rings. The van der Waals surface area contributed by atoms with Crippen LogP contribution < -0.4 is 5.32 Å². The third-order valence-electron chi connectivity index (χ3n) is 6.18. The van der Waals surface area contributed by atoms with Crippen LogP contribution in [0.2, 0.25) is 0 Å². The molecule has 0 bridgehead atoms. The number of halogens is 2. The second-order valence-corrected chi connectivity index (χ2v) is 10.7. The summed E-state index contributed by atoms with van der Waals surface area (Å²) in [5.74, 6) is -0.921. The average Bonchev–Trinajstić information content (AvgIpc) is 3.24. The number of carbonyl (C=O) groups excluding carboxylic acids is 2. The van der Waals surface area contributed by atoms with Crippen LogP contribution in [0.1, 0.15) is 75.5 Å². The molecule has 1 atom stereocenters. The Hall–Kier alpha value is -2.21. The lowest BCUT2D eigenvalue weighted by Gasteiger charge is -2.24. The predicted molar refractivity (Wildman–Crippen MR) is 133 cm³/mol. The minimum absolute atomic E-state index is 0.115. The second kappa shape index (κ2) is 10.8. The maximum Gasteiger partial charge on any atom is 0.306 e. The van der Waals surface area contributed by atoms with Crippen LogP contribution in [0.3, 0.4) is 0 Å². The van der Waals surface area contributed by atoms with Crippen molar-refractivity contribution < 1.29 is 18.7 Å². The number of nitrogens with one attached hydrogen (secondary N) is 1. The summed E-state index contributed by atoms with van der Waals surface area (Å²) in [7, 11) is 0. The summed E-state index contributed by atoms with van der Waals surface area (Å²) >= 11 is 3.20. The fourth-order valence-electron chi connectivity index (χ4n) is 4.56. The zero-order chi connectivity index (χ0) is 24.2. The van der Waals surface area contributed by atoms with Gasteiger partial charge >= 0.3 is 5.97 Å². The van der Waals surface area contributed by atoms with Gasteiger partial charge in [0.15, 0.2) is 0 Å². The van der Waals surface area contributed by atoms with Crippen molar-refractivity contribution in [2.24, 2.45) is 5.92 Å². The fourth-order valence-corrected chi connectivity index (χ4v) is 4.81. The van der Waals surface area contributed by atoms with E-state index >= 15 is 0 Å². The Morgan fingerprint density at radius 3 is 2.52 bits per heavy atom. The highest BCUT2D eigenvalue weighted by atomic mass is 79.9. The Morgan fingerprint density at radius 1 is 1.18 bits per heavy atom. The predicted octanol–water partition coefficient (Wildman–Crippen LogP) is 7.08. The largest absolute Gasteiger partial charge is 0.460 e. The Morgan fingerprint density at radius 2 is 1.88 bits per heavy atom. The Kier molecular flexibility index (Phi) is 8.33. The molecule has 1 unspecified atom stereocenters. The van der Waals surface area contributed by atoms with Crippen LogP contribution in [-0.2, 0) is 20.7 Å². The molecular formula is C27H33BrFNO3. The number of esters is 1. The van der Waals surface area contributed by atoms with Gasteiger partial charge in [0.1, 0.15) is 11.4 Å². The lowest BCUT2D eigenvalue weighted by molar-refractivity contribution is -0.154. The van der Waals surface area contributed by atoms with Gasteiger partial charge in [-0.2, -0.15) is 0 Å². The standard InChI is InChI=1S/C27H33BrFNO3/c1-17-18(13-15-24(31)33-27(2,3)4)10-7-11-23(17)30-26(32)25(19-8-5-6-9-19)20-12-14-21(28)22(29)16-20/h7,10-12,14,16,19,25H,5-6,8-9,13,15H2,1-4H3,(H,30,32). The number of anilines is 1. The van der Waals surface area contributed by atoms with E-state index in [1.165, 1.54) is 6.07 Å². The van der Waals surface area contributed by atoms with Crippen LogP contribution in [0.5, 0.6) is 0 Å². The van der Waals surface area contributed by atoms with Crippen molar-refractivity contribution in [1.29, 1.82) is 0 Å². The van der Waals surface area contributed by atoms with Gasteiger partial charge in [0.05, 0.1) is 10.4 Å². The summed E-state index contributed by atoms with van der Waals surface area (Å²) in [4.78, 5) is 25.6. The Bertz CT molecular complexity index is 1010. The number of aryl methyl sites for hydroxylation is 1. The minimum Gasteiger partial charge on any atom is -0.460 e. The molecule has 1 aliphatic carbocycles. The number of rotatable bonds is 7. The van der Waals surface area contributed by atoms with Gasteiger partial charge in [-0.1, -0.05) is 31.0 Å². The van der Waals surface area contributed by atoms with Crippen LogP contribution in [0.4, 0.5) is 10.1 Å². The second-order valence-electron chi connectivity index (χ2n) is 9.86. The molecule has 0 aromatic heterocycles. The number of benzene rings is 2. The van der Waals surface area contributed by atoms with E-state index in [0.29, 0.717) is 16.5 Å². The maximum atomic E-state index is 14.3. The Labute approximate surface area is 204 Å². The topological polar surface area (TPSA) is 55.4 Å². The van der Waals surface area contributed by atoms with Crippen molar-refractivity contribution in [1.82, 2.24) is 0 Å². The number of amides is 1. The lowest BCUT2D eigenvalue weighted by atomic mass is 9.84. The number of carbonyl (C=O) groups is 2. The molecule has 0 aliphatic heterocycles. The van der Waals surface area contributed by atoms with Crippen molar-refractivity contribution >= 4 is 33.5 Å². The van der Waals surface area contributed by atoms with Crippen LogP contribution in [0.15, 0.2) is 40.9 Å². The van der Waals surface area contributed by atoms with E-state index in [9.17, 15) is 14.0 Å². The highest BCUT2D eigenvalue weighted by Crippen LogP contribution is 2.39. The first kappa shape index (κ1) is 25.4. The zero-order valence-electron chi connectivity index (χ0n) is 19.8. The third-order valence-corrected chi connectivity index (χ3v) is 6.82. The van der Waals surface area contributed by atoms with E-state index in [2.05, 4.69) is 21.2 Å². The lowest BCUT2D eigenvalue weighted by Crippen LogP contribution is -2.27. The van der Waals surface area contributed by atoms with Gasteiger partial charge in [-0.05, 0) is 104 Å². The Balaban J connectivity index is 1.77.